The predicted octanol–water partition coefficient (Wildman–Crippen LogP) is 3.16. The van der Waals surface area contributed by atoms with Crippen molar-refractivity contribution in [3.63, 3.8) is 0 Å². The van der Waals surface area contributed by atoms with Crippen molar-refractivity contribution in [1.29, 1.82) is 0 Å². The maximum absolute atomic E-state index is 11.3. The highest BCUT2D eigenvalue weighted by Gasteiger charge is 2.32. The number of rotatable bonds is 4. The number of carbonyl (C=O) groups excluding carboxylic acids is 1. The lowest BCUT2D eigenvalue weighted by molar-refractivity contribution is -0.127. The monoisotopic (exact) mass is 306 g/mol. The molecule has 2 N–H and O–H groups in total. The van der Waals surface area contributed by atoms with Crippen molar-refractivity contribution in [2.24, 2.45) is 5.73 Å². The van der Waals surface area contributed by atoms with Crippen molar-refractivity contribution >= 4 is 16.9 Å². The highest BCUT2D eigenvalue weighted by molar-refractivity contribution is 5.83. The van der Waals surface area contributed by atoms with Gasteiger partial charge in [0, 0.05) is 24.0 Å². The van der Waals surface area contributed by atoms with Crippen molar-refractivity contribution in [3.8, 4) is 11.3 Å². The van der Waals surface area contributed by atoms with E-state index in [1.54, 1.807) is 0 Å². The summed E-state index contributed by atoms with van der Waals surface area (Å²) in [6.45, 7) is 1.67. The summed E-state index contributed by atoms with van der Waals surface area (Å²) in [7, 11) is 0. The molecule has 23 heavy (non-hydrogen) atoms. The molecule has 0 unspecified atom stereocenters. The lowest BCUT2D eigenvalue weighted by atomic mass is 10.0. The minimum atomic E-state index is -0.230. The van der Waals surface area contributed by atoms with Gasteiger partial charge in [-0.3, -0.25) is 9.69 Å². The van der Waals surface area contributed by atoms with Gasteiger partial charge in [-0.15, -0.1) is 0 Å². The zero-order valence-electron chi connectivity index (χ0n) is 12.7. The van der Waals surface area contributed by atoms with Gasteiger partial charge in [-0.05, 0) is 30.2 Å². The van der Waals surface area contributed by atoms with Crippen LogP contribution in [-0.2, 0) is 11.3 Å². The van der Waals surface area contributed by atoms with Gasteiger partial charge in [0.05, 0.1) is 6.04 Å². The second kappa shape index (κ2) is 5.56. The SMILES string of the molecule is NC(=O)[C@@H]1CCN1Cc1ccc2oc(-c3ccccc3)cc2c1. The average molecular weight is 306 g/mol. The topological polar surface area (TPSA) is 59.5 Å². The molecule has 4 rings (SSSR count). The van der Waals surface area contributed by atoms with Gasteiger partial charge in [0.25, 0.3) is 0 Å². The van der Waals surface area contributed by atoms with Crippen LogP contribution in [0.2, 0.25) is 0 Å². The van der Waals surface area contributed by atoms with E-state index in [0.29, 0.717) is 0 Å². The van der Waals surface area contributed by atoms with Crippen LogP contribution in [0.3, 0.4) is 0 Å². The standard InChI is InChI=1S/C19H18N2O2/c20-19(22)16-8-9-21(16)12-13-6-7-17-15(10-13)11-18(23-17)14-4-2-1-3-5-14/h1-7,10-11,16H,8-9,12H2,(H2,20,22)/t16-/m0/s1. The summed E-state index contributed by atoms with van der Waals surface area (Å²) in [6.07, 6.45) is 0.863. The van der Waals surface area contributed by atoms with Gasteiger partial charge in [-0.1, -0.05) is 36.4 Å². The maximum Gasteiger partial charge on any atom is 0.234 e. The highest BCUT2D eigenvalue weighted by atomic mass is 16.3. The lowest BCUT2D eigenvalue weighted by Gasteiger charge is -2.38. The van der Waals surface area contributed by atoms with Crippen LogP contribution in [-0.4, -0.2) is 23.4 Å². The Kier molecular flexibility index (Phi) is 3.39. The van der Waals surface area contributed by atoms with E-state index in [1.807, 2.05) is 36.4 Å². The molecule has 1 saturated heterocycles. The van der Waals surface area contributed by atoms with Crippen LogP contribution >= 0.6 is 0 Å². The number of likely N-dealkylation sites (tertiary alicyclic amines) is 1. The first-order chi connectivity index (χ1) is 11.2. The van der Waals surface area contributed by atoms with Gasteiger partial charge in [-0.2, -0.15) is 0 Å². The molecular weight excluding hydrogens is 288 g/mol. The van der Waals surface area contributed by atoms with E-state index in [4.69, 9.17) is 10.2 Å². The fraction of sp³-hybridized carbons (Fsp3) is 0.211. The number of primary amides is 1. The van der Waals surface area contributed by atoms with Crippen molar-refractivity contribution in [1.82, 2.24) is 4.90 Å². The Morgan fingerprint density at radius 3 is 2.70 bits per heavy atom. The van der Waals surface area contributed by atoms with E-state index in [1.165, 1.54) is 5.56 Å². The fourth-order valence-electron chi connectivity index (χ4n) is 3.12. The van der Waals surface area contributed by atoms with Gasteiger partial charge in [0.2, 0.25) is 5.91 Å². The van der Waals surface area contributed by atoms with Crippen LogP contribution in [0.5, 0.6) is 0 Å². The molecule has 1 amide bonds. The molecule has 0 aliphatic carbocycles. The zero-order valence-corrected chi connectivity index (χ0v) is 12.7. The molecule has 0 radical (unpaired) electrons. The van der Waals surface area contributed by atoms with Gasteiger partial charge >= 0.3 is 0 Å². The molecule has 4 nitrogen and oxygen atoms in total. The molecule has 0 bridgehead atoms. The first kappa shape index (κ1) is 14.0. The minimum absolute atomic E-state index is 0.116. The molecule has 0 spiro atoms. The van der Waals surface area contributed by atoms with E-state index in [0.717, 1.165) is 41.8 Å². The molecule has 3 aromatic rings. The van der Waals surface area contributed by atoms with Crippen molar-refractivity contribution in [2.45, 2.75) is 19.0 Å². The molecule has 1 fully saturated rings. The third kappa shape index (κ3) is 2.62. The van der Waals surface area contributed by atoms with E-state index < -0.39 is 0 Å². The second-order valence-corrected chi connectivity index (χ2v) is 6.03. The molecule has 116 valence electrons. The Morgan fingerprint density at radius 1 is 1.17 bits per heavy atom. The summed E-state index contributed by atoms with van der Waals surface area (Å²) in [5, 5.41) is 1.08. The lowest BCUT2D eigenvalue weighted by Crippen LogP contribution is -2.54. The third-order valence-electron chi connectivity index (χ3n) is 4.48. The maximum atomic E-state index is 11.3. The van der Waals surface area contributed by atoms with E-state index in [2.05, 4.69) is 23.1 Å². The van der Waals surface area contributed by atoms with E-state index in [9.17, 15) is 4.79 Å². The van der Waals surface area contributed by atoms with Crippen LogP contribution in [0.4, 0.5) is 0 Å². The molecule has 2 heterocycles. The Labute approximate surface area is 134 Å². The Morgan fingerprint density at radius 2 is 2.00 bits per heavy atom. The molecule has 1 aliphatic rings. The number of hydrogen-bond acceptors (Lipinski definition) is 3. The summed E-state index contributed by atoms with van der Waals surface area (Å²) in [5.74, 6) is 0.642. The molecule has 1 aromatic heterocycles. The molecule has 4 heteroatoms. The number of fused-ring (bicyclic) bond motifs is 1. The summed E-state index contributed by atoms with van der Waals surface area (Å²) >= 11 is 0. The smallest absolute Gasteiger partial charge is 0.234 e. The third-order valence-corrected chi connectivity index (χ3v) is 4.48. The minimum Gasteiger partial charge on any atom is -0.456 e. The number of amides is 1. The number of benzene rings is 2. The predicted molar refractivity (Wildman–Crippen MR) is 89.7 cm³/mol. The van der Waals surface area contributed by atoms with Crippen LogP contribution in [0.1, 0.15) is 12.0 Å². The van der Waals surface area contributed by atoms with Crippen LogP contribution in [0, 0.1) is 0 Å². The largest absolute Gasteiger partial charge is 0.456 e. The van der Waals surface area contributed by atoms with Crippen molar-refractivity contribution < 1.29 is 9.21 Å². The average Bonchev–Trinajstić information content (AvgIpc) is 2.95. The Balaban J connectivity index is 1.60. The summed E-state index contributed by atoms with van der Waals surface area (Å²) in [4.78, 5) is 13.4. The number of carbonyl (C=O) groups is 1. The first-order valence-electron chi connectivity index (χ1n) is 7.82. The highest BCUT2D eigenvalue weighted by Crippen LogP contribution is 2.29. The molecule has 1 aliphatic heterocycles. The van der Waals surface area contributed by atoms with Crippen molar-refractivity contribution in [3.05, 3.63) is 60.2 Å². The van der Waals surface area contributed by atoms with Crippen LogP contribution in [0.15, 0.2) is 59.0 Å². The molecule has 1 atom stereocenters. The summed E-state index contributed by atoms with van der Waals surface area (Å²) in [5.41, 5.74) is 8.52. The van der Waals surface area contributed by atoms with Gasteiger partial charge in [0.1, 0.15) is 11.3 Å². The summed E-state index contributed by atoms with van der Waals surface area (Å²) < 4.78 is 5.93. The van der Waals surface area contributed by atoms with Gasteiger partial charge in [0.15, 0.2) is 0 Å². The fourth-order valence-corrected chi connectivity index (χ4v) is 3.12. The molecule has 0 saturated carbocycles. The number of hydrogen-bond donors (Lipinski definition) is 1. The Bertz CT molecular complexity index is 854. The number of nitrogens with zero attached hydrogens (tertiary/aromatic N) is 1. The summed E-state index contributed by atoms with van der Waals surface area (Å²) in [6, 6.07) is 18.2. The number of nitrogens with two attached hydrogens (primary N) is 1. The van der Waals surface area contributed by atoms with Gasteiger partial charge in [-0.25, -0.2) is 0 Å². The number of furan rings is 1. The van der Waals surface area contributed by atoms with E-state index >= 15 is 0 Å². The van der Waals surface area contributed by atoms with Crippen LogP contribution < -0.4 is 5.73 Å². The molecular formula is C19H18N2O2. The van der Waals surface area contributed by atoms with E-state index in [-0.39, 0.29) is 11.9 Å². The second-order valence-electron chi connectivity index (χ2n) is 6.03. The normalized spacial score (nSPS) is 18.0. The van der Waals surface area contributed by atoms with Crippen LogP contribution in [0.25, 0.3) is 22.3 Å². The molecule has 2 aromatic carbocycles. The zero-order chi connectivity index (χ0) is 15.8. The first-order valence-corrected chi connectivity index (χ1v) is 7.82. The Hall–Kier alpha value is -2.59. The van der Waals surface area contributed by atoms with Gasteiger partial charge < -0.3 is 10.2 Å². The quantitative estimate of drug-likeness (QED) is 0.805. The van der Waals surface area contributed by atoms with Crippen molar-refractivity contribution in [2.75, 3.05) is 6.54 Å².